The van der Waals surface area contributed by atoms with Gasteiger partial charge in [0.05, 0.1) is 6.33 Å². The monoisotopic (exact) mass is 417 g/mol. The Balaban J connectivity index is 1.57. The minimum atomic E-state index is -0.287. The minimum Gasteiger partial charge on any atom is -0.489 e. The van der Waals surface area contributed by atoms with Gasteiger partial charge in [-0.15, -0.1) is 0 Å². The summed E-state index contributed by atoms with van der Waals surface area (Å²) in [4.78, 5) is 24.2. The lowest BCUT2D eigenvalue weighted by Crippen LogP contribution is -2.52. The summed E-state index contributed by atoms with van der Waals surface area (Å²) in [7, 11) is 1.60. The van der Waals surface area contributed by atoms with Gasteiger partial charge in [-0.1, -0.05) is 12.1 Å². The maximum atomic E-state index is 12.8. The molecule has 2 amide bonds. The van der Waals surface area contributed by atoms with Gasteiger partial charge in [-0.2, -0.15) is 0 Å². The molecule has 0 atom stereocenters. The van der Waals surface area contributed by atoms with Crippen molar-refractivity contribution >= 4 is 11.8 Å². The molecule has 0 heterocycles. The molecule has 164 valence electrons. The number of fused-ring (bicyclic) bond motifs is 3. The molecule has 3 aliphatic rings. The highest BCUT2D eigenvalue weighted by Gasteiger charge is 2.52. The first-order chi connectivity index (χ1) is 14.5. The van der Waals surface area contributed by atoms with Crippen LogP contribution < -0.4 is 21.1 Å². The Labute approximate surface area is 177 Å². The van der Waals surface area contributed by atoms with E-state index in [1.54, 1.807) is 7.05 Å². The number of nitrogens with one attached hydrogen (secondary N) is 2. The summed E-state index contributed by atoms with van der Waals surface area (Å²) < 4.78 is 18.2. The second kappa shape index (κ2) is 9.60. The lowest BCUT2D eigenvalue weighted by Gasteiger charge is -2.52. The Bertz CT molecular complexity index is 767. The van der Waals surface area contributed by atoms with Gasteiger partial charge in [0.15, 0.2) is 0 Å². The van der Waals surface area contributed by atoms with Crippen LogP contribution in [0.2, 0.25) is 0 Å². The summed E-state index contributed by atoms with van der Waals surface area (Å²) in [6, 6.07) is 8.05. The van der Waals surface area contributed by atoms with Gasteiger partial charge in [0.1, 0.15) is 12.4 Å². The van der Waals surface area contributed by atoms with E-state index < -0.39 is 0 Å². The lowest BCUT2D eigenvalue weighted by atomic mass is 9.51. The number of hydrogen-bond acceptors (Lipinski definition) is 4. The van der Waals surface area contributed by atoms with E-state index in [4.69, 9.17) is 10.5 Å². The van der Waals surface area contributed by atoms with Crippen molar-refractivity contribution in [1.82, 2.24) is 10.6 Å². The van der Waals surface area contributed by atoms with Crippen LogP contribution in [0.25, 0.3) is 0 Å². The van der Waals surface area contributed by atoms with Gasteiger partial charge in [0, 0.05) is 37.5 Å². The number of benzene rings is 1. The van der Waals surface area contributed by atoms with Gasteiger partial charge in [-0.25, -0.2) is 4.39 Å². The summed E-state index contributed by atoms with van der Waals surface area (Å²) in [6.07, 6.45) is 6.38. The van der Waals surface area contributed by atoms with E-state index in [2.05, 4.69) is 22.8 Å². The average molecular weight is 418 g/mol. The van der Waals surface area contributed by atoms with E-state index in [1.165, 1.54) is 5.56 Å². The lowest BCUT2D eigenvalue weighted by molar-refractivity contribution is -0.137. The molecule has 30 heavy (non-hydrogen) atoms. The standard InChI is InChI=1S/C23H32FN3O3/c1-26-20(28)6-13-27-21(29)23-10-7-22(8-11-23,9-12-23)18-2-4-19(5-3-18)30-16-17(14-24)15-25/h2-5,14H,6-13,15-16,25H2,1H3,(H,26,28)(H,27,29)/b17-14+. The SMILES string of the molecule is CNC(=O)CCNC(=O)C12CCC(c3ccc(OC/C(=C/F)CN)cc3)(CC1)CC2. The molecule has 3 saturated carbocycles. The van der Waals surface area contributed by atoms with Crippen molar-refractivity contribution in [3.8, 4) is 5.75 Å². The number of ether oxygens (including phenoxy) is 1. The van der Waals surface area contributed by atoms with Gasteiger partial charge in [0.2, 0.25) is 11.8 Å². The number of halogens is 1. The van der Waals surface area contributed by atoms with Crippen LogP contribution in [0.4, 0.5) is 4.39 Å². The van der Waals surface area contributed by atoms with Crippen LogP contribution >= 0.6 is 0 Å². The molecule has 3 fully saturated rings. The van der Waals surface area contributed by atoms with Crippen LogP contribution in [0, 0.1) is 5.41 Å². The van der Waals surface area contributed by atoms with E-state index in [0.29, 0.717) is 30.6 Å². The van der Waals surface area contributed by atoms with Gasteiger partial charge in [-0.05, 0) is 61.6 Å². The van der Waals surface area contributed by atoms with E-state index in [9.17, 15) is 14.0 Å². The van der Waals surface area contributed by atoms with Crippen LogP contribution in [0.1, 0.15) is 50.5 Å². The molecule has 0 saturated heterocycles. The smallest absolute Gasteiger partial charge is 0.226 e. The predicted octanol–water partition coefficient (Wildman–Crippen LogP) is 2.72. The Hall–Kier alpha value is -2.41. The number of rotatable bonds is 9. The van der Waals surface area contributed by atoms with Crippen LogP contribution in [0.5, 0.6) is 5.75 Å². The summed E-state index contributed by atoms with van der Waals surface area (Å²) in [5, 5.41) is 5.54. The van der Waals surface area contributed by atoms with Crippen molar-refractivity contribution in [3.63, 3.8) is 0 Å². The highest BCUT2D eigenvalue weighted by Crippen LogP contribution is 2.57. The van der Waals surface area contributed by atoms with E-state index >= 15 is 0 Å². The fraction of sp³-hybridized carbons (Fsp3) is 0.565. The maximum absolute atomic E-state index is 12.8. The van der Waals surface area contributed by atoms with Gasteiger partial charge in [-0.3, -0.25) is 9.59 Å². The van der Waals surface area contributed by atoms with Crippen LogP contribution in [0.3, 0.4) is 0 Å². The Morgan fingerprint density at radius 2 is 1.77 bits per heavy atom. The third kappa shape index (κ3) is 4.67. The Morgan fingerprint density at radius 1 is 1.13 bits per heavy atom. The summed E-state index contributed by atoms with van der Waals surface area (Å²) in [5.74, 6) is 0.728. The summed E-state index contributed by atoms with van der Waals surface area (Å²) in [5.41, 5.74) is 6.98. The van der Waals surface area contributed by atoms with Gasteiger partial charge >= 0.3 is 0 Å². The Kier molecular flexibility index (Phi) is 7.13. The highest BCUT2D eigenvalue weighted by molar-refractivity contribution is 5.84. The van der Waals surface area contributed by atoms with Crippen LogP contribution in [-0.4, -0.2) is 38.6 Å². The van der Waals surface area contributed by atoms with E-state index in [-0.39, 0.29) is 35.8 Å². The quantitative estimate of drug-likeness (QED) is 0.576. The molecule has 2 bridgehead atoms. The zero-order valence-corrected chi connectivity index (χ0v) is 17.6. The normalized spacial score (nSPS) is 25.6. The first-order valence-corrected chi connectivity index (χ1v) is 10.7. The molecular formula is C23H32FN3O3. The molecule has 0 unspecified atom stereocenters. The molecule has 6 nitrogen and oxygen atoms in total. The molecule has 0 aromatic heterocycles. The molecule has 0 radical (unpaired) electrons. The molecule has 0 spiro atoms. The Morgan fingerprint density at radius 3 is 2.30 bits per heavy atom. The molecule has 7 heteroatoms. The number of hydrogen-bond donors (Lipinski definition) is 3. The van der Waals surface area contributed by atoms with E-state index in [1.807, 2.05) is 12.1 Å². The fourth-order valence-electron chi connectivity index (χ4n) is 4.78. The fourth-order valence-corrected chi connectivity index (χ4v) is 4.78. The molecule has 4 N–H and O–H groups in total. The third-order valence-electron chi connectivity index (χ3n) is 6.95. The molecule has 1 aromatic rings. The third-order valence-corrected chi connectivity index (χ3v) is 6.95. The second-order valence-electron chi connectivity index (χ2n) is 8.52. The zero-order chi connectivity index (χ0) is 21.6. The highest BCUT2D eigenvalue weighted by atomic mass is 19.1. The molecule has 3 aliphatic carbocycles. The average Bonchev–Trinajstić information content (AvgIpc) is 2.81. The first-order valence-electron chi connectivity index (χ1n) is 10.7. The van der Waals surface area contributed by atoms with Crippen molar-refractivity contribution in [3.05, 3.63) is 41.7 Å². The van der Waals surface area contributed by atoms with Gasteiger partial charge in [0.25, 0.3) is 0 Å². The van der Waals surface area contributed by atoms with Gasteiger partial charge < -0.3 is 21.1 Å². The van der Waals surface area contributed by atoms with Crippen molar-refractivity contribution in [1.29, 1.82) is 0 Å². The number of carbonyl (C=O) groups excluding carboxylic acids is 2. The summed E-state index contributed by atoms with van der Waals surface area (Å²) in [6.45, 7) is 0.671. The van der Waals surface area contributed by atoms with Crippen LogP contribution in [-0.2, 0) is 15.0 Å². The maximum Gasteiger partial charge on any atom is 0.226 e. The number of amides is 2. The number of carbonyl (C=O) groups is 2. The molecule has 1 aromatic carbocycles. The molecular weight excluding hydrogens is 385 g/mol. The molecule has 4 rings (SSSR count). The number of nitrogens with two attached hydrogens (primary N) is 1. The van der Waals surface area contributed by atoms with Crippen LogP contribution in [0.15, 0.2) is 36.2 Å². The van der Waals surface area contributed by atoms with Crippen molar-refractivity contribution in [2.45, 2.75) is 50.4 Å². The second-order valence-corrected chi connectivity index (χ2v) is 8.52. The summed E-state index contributed by atoms with van der Waals surface area (Å²) >= 11 is 0. The van der Waals surface area contributed by atoms with E-state index in [0.717, 1.165) is 38.5 Å². The zero-order valence-electron chi connectivity index (χ0n) is 17.6. The topological polar surface area (TPSA) is 93.5 Å². The first kappa shape index (κ1) is 22.3. The van der Waals surface area contributed by atoms with Crippen molar-refractivity contribution in [2.24, 2.45) is 11.1 Å². The van der Waals surface area contributed by atoms with Crippen molar-refractivity contribution < 1.29 is 18.7 Å². The largest absolute Gasteiger partial charge is 0.489 e. The molecule has 0 aliphatic heterocycles. The predicted molar refractivity (Wildman–Crippen MR) is 114 cm³/mol. The minimum absolute atomic E-state index is 0.0634. The van der Waals surface area contributed by atoms with Crippen molar-refractivity contribution in [2.75, 3.05) is 26.7 Å².